The minimum Gasteiger partial charge on any atom is -0.464 e. The van der Waals surface area contributed by atoms with E-state index in [4.69, 9.17) is 15.2 Å². The predicted molar refractivity (Wildman–Crippen MR) is 123 cm³/mol. The van der Waals surface area contributed by atoms with Gasteiger partial charge in [-0.2, -0.15) is 0 Å². The minimum atomic E-state index is -0.752. The van der Waals surface area contributed by atoms with E-state index < -0.39 is 17.2 Å². The van der Waals surface area contributed by atoms with Crippen LogP contribution in [0, 0.1) is 0 Å². The maximum atomic E-state index is 13.6. The summed E-state index contributed by atoms with van der Waals surface area (Å²) >= 11 is 3.98. The summed E-state index contributed by atoms with van der Waals surface area (Å²) in [7, 11) is 1.22. The molecule has 4 heterocycles. The third-order valence-electron chi connectivity index (χ3n) is 4.61. The monoisotopic (exact) mass is 474 g/mol. The molecular formula is C21H18N2O5S3. The standard InChI is InChI=1S/C21H18N2O5S3/c1-3-28-21(26)18-15-12(10-11-6-4-8-29-11)14(22)16(20(25)27-2)23(15)19(24)17(31-18)13-7-5-9-30-13/h4-10,17H,3,22H2,1-2H3/b12-10+/t17-/m1/s1. The molecule has 0 unspecified atom stereocenters. The first kappa shape index (κ1) is 21.4. The van der Waals surface area contributed by atoms with Gasteiger partial charge in [0.05, 0.1) is 24.8 Å². The fourth-order valence-corrected chi connectivity index (χ4v) is 6.08. The maximum absolute atomic E-state index is 13.6. The van der Waals surface area contributed by atoms with Crippen LogP contribution in [0.2, 0.25) is 0 Å². The molecule has 0 fully saturated rings. The van der Waals surface area contributed by atoms with E-state index in [0.717, 1.165) is 21.5 Å². The lowest BCUT2D eigenvalue weighted by Crippen LogP contribution is -2.42. The van der Waals surface area contributed by atoms with Gasteiger partial charge >= 0.3 is 11.9 Å². The third-order valence-corrected chi connectivity index (χ3v) is 7.81. The van der Waals surface area contributed by atoms with Crippen molar-refractivity contribution < 1.29 is 23.9 Å². The van der Waals surface area contributed by atoms with Crippen LogP contribution in [-0.4, -0.2) is 36.1 Å². The van der Waals surface area contributed by atoms with Crippen molar-refractivity contribution in [3.63, 3.8) is 0 Å². The van der Waals surface area contributed by atoms with Gasteiger partial charge in [-0.05, 0) is 35.9 Å². The summed E-state index contributed by atoms with van der Waals surface area (Å²) in [5.74, 6) is -1.69. The summed E-state index contributed by atoms with van der Waals surface area (Å²) in [6, 6.07) is 7.40. The van der Waals surface area contributed by atoms with Crippen LogP contribution in [0.5, 0.6) is 0 Å². The van der Waals surface area contributed by atoms with E-state index in [9.17, 15) is 14.4 Å². The van der Waals surface area contributed by atoms with Gasteiger partial charge in [0.1, 0.15) is 10.2 Å². The fourth-order valence-electron chi connectivity index (χ4n) is 3.31. The molecule has 1 aliphatic heterocycles. The molecule has 2 N–H and O–H groups in total. The second-order valence-electron chi connectivity index (χ2n) is 6.41. The average Bonchev–Trinajstić information content (AvgIpc) is 3.51. The molecule has 0 radical (unpaired) electrons. The van der Waals surface area contributed by atoms with Crippen LogP contribution in [0.1, 0.15) is 37.2 Å². The molecule has 0 aliphatic carbocycles. The van der Waals surface area contributed by atoms with E-state index in [2.05, 4.69) is 0 Å². The zero-order valence-corrected chi connectivity index (χ0v) is 19.1. The predicted octanol–water partition coefficient (Wildman–Crippen LogP) is 2.61. The molecule has 7 nitrogen and oxygen atoms in total. The average molecular weight is 475 g/mol. The Labute approximate surface area is 189 Å². The molecule has 10 heteroatoms. The van der Waals surface area contributed by atoms with Gasteiger partial charge in [0.15, 0.2) is 5.69 Å². The third kappa shape index (κ3) is 3.71. The summed E-state index contributed by atoms with van der Waals surface area (Å²) in [6.45, 7) is 1.88. The van der Waals surface area contributed by atoms with Crippen LogP contribution >= 0.6 is 34.4 Å². The molecule has 4 rings (SSSR count). The number of anilines is 1. The SMILES string of the molecule is CCOC(=O)C1=c2/c(=C/c3cccs3)c(N)c(C(=O)OC)n2C(=O)[C@@H](c2cccs2)S1. The Morgan fingerprint density at radius 2 is 1.94 bits per heavy atom. The molecule has 0 aromatic carbocycles. The van der Waals surface area contributed by atoms with Crippen molar-refractivity contribution in [1.82, 2.24) is 4.57 Å². The maximum Gasteiger partial charge on any atom is 0.357 e. The molecule has 1 atom stereocenters. The van der Waals surface area contributed by atoms with Gasteiger partial charge in [0.2, 0.25) is 0 Å². The molecule has 0 saturated heterocycles. The largest absolute Gasteiger partial charge is 0.464 e. The number of hydrogen-bond donors (Lipinski definition) is 1. The van der Waals surface area contributed by atoms with Gasteiger partial charge in [0, 0.05) is 15.0 Å². The van der Waals surface area contributed by atoms with Crippen molar-refractivity contribution in [2.24, 2.45) is 0 Å². The van der Waals surface area contributed by atoms with Gasteiger partial charge in [-0.1, -0.05) is 23.9 Å². The first-order valence-corrected chi connectivity index (χ1v) is 11.9. The Kier molecular flexibility index (Phi) is 6.03. The van der Waals surface area contributed by atoms with E-state index in [1.807, 2.05) is 35.0 Å². The lowest BCUT2D eigenvalue weighted by molar-refractivity contribution is -0.135. The van der Waals surface area contributed by atoms with E-state index in [-0.39, 0.29) is 34.1 Å². The van der Waals surface area contributed by atoms with E-state index in [1.54, 1.807) is 13.0 Å². The molecule has 3 aromatic heterocycles. The number of esters is 2. The number of ether oxygens (including phenoxy) is 2. The molecule has 0 spiro atoms. The highest BCUT2D eigenvalue weighted by atomic mass is 32.2. The first-order chi connectivity index (χ1) is 15.0. The number of fused-ring (bicyclic) bond motifs is 1. The number of rotatable bonds is 5. The smallest absolute Gasteiger partial charge is 0.357 e. The first-order valence-electron chi connectivity index (χ1n) is 9.27. The number of nitrogens with zero attached hydrogens (tertiary/aromatic N) is 1. The van der Waals surface area contributed by atoms with Crippen LogP contribution in [-0.2, 0) is 14.3 Å². The van der Waals surface area contributed by atoms with Crippen LogP contribution < -0.4 is 16.3 Å². The van der Waals surface area contributed by atoms with Crippen molar-refractivity contribution in [3.8, 4) is 0 Å². The van der Waals surface area contributed by atoms with Gasteiger partial charge < -0.3 is 15.2 Å². The second kappa shape index (κ2) is 8.74. The van der Waals surface area contributed by atoms with Gasteiger partial charge in [-0.3, -0.25) is 9.36 Å². The molecule has 160 valence electrons. The number of thioether (sulfide) groups is 1. The summed E-state index contributed by atoms with van der Waals surface area (Å²) in [5, 5.41) is 3.71. The van der Waals surface area contributed by atoms with Crippen molar-refractivity contribution in [1.29, 1.82) is 0 Å². The molecule has 0 amide bonds. The van der Waals surface area contributed by atoms with Crippen molar-refractivity contribution in [3.05, 3.63) is 61.0 Å². The van der Waals surface area contributed by atoms with E-state index >= 15 is 0 Å². The summed E-state index contributed by atoms with van der Waals surface area (Å²) in [6.07, 6.45) is 1.76. The number of carbonyl (C=O) groups is 3. The highest BCUT2D eigenvalue weighted by Gasteiger charge is 2.38. The normalized spacial score (nSPS) is 16.3. The fraction of sp³-hybridized carbons (Fsp3) is 0.190. The van der Waals surface area contributed by atoms with E-state index in [0.29, 0.717) is 5.22 Å². The Bertz CT molecular complexity index is 1270. The Morgan fingerprint density at radius 1 is 1.19 bits per heavy atom. The zero-order valence-electron chi connectivity index (χ0n) is 16.6. The van der Waals surface area contributed by atoms with Gasteiger partial charge in [0.25, 0.3) is 5.91 Å². The summed E-state index contributed by atoms with van der Waals surface area (Å²) < 4.78 is 11.4. The van der Waals surface area contributed by atoms with Crippen LogP contribution in [0.15, 0.2) is 35.0 Å². The second-order valence-corrected chi connectivity index (χ2v) is 9.49. The Hall–Kier alpha value is -2.82. The molecule has 0 bridgehead atoms. The van der Waals surface area contributed by atoms with E-state index in [1.165, 1.54) is 34.4 Å². The van der Waals surface area contributed by atoms with Crippen molar-refractivity contribution in [2.75, 3.05) is 19.5 Å². The van der Waals surface area contributed by atoms with Gasteiger partial charge in [-0.25, -0.2) is 9.59 Å². The number of nitrogen functional groups attached to an aromatic ring is 1. The number of hydrogen-bond acceptors (Lipinski definition) is 9. The number of aromatic nitrogens is 1. The Balaban J connectivity index is 2.12. The summed E-state index contributed by atoms with van der Waals surface area (Å²) in [5.41, 5.74) is 6.36. The quantitative estimate of drug-likeness (QED) is 0.567. The molecule has 1 aliphatic rings. The summed E-state index contributed by atoms with van der Waals surface area (Å²) in [4.78, 5) is 41.0. The van der Waals surface area contributed by atoms with Crippen LogP contribution in [0.3, 0.4) is 0 Å². The Morgan fingerprint density at radius 3 is 2.55 bits per heavy atom. The van der Waals surface area contributed by atoms with Crippen molar-refractivity contribution in [2.45, 2.75) is 12.2 Å². The van der Waals surface area contributed by atoms with Crippen molar-refractivity contribution >= 4 is 68.9 Å². The highest BCUT2D eigenvalue weighted by molar-refractivity contribution is 8.10. The number of carbonyl (C=O) groups excluding carboxylic acids is 3. The molecule has 3 aromatic rings. The van der Waals surface area contributed by atoms with Crippen LogP contribution in [0.4, 0.5) is 5.69 Å². The molecule has 31 heavy (non-hydrogen) atoms. The number of methoxy groups -OCH3 is 1. The highest BCUT2D eigenvalue weighted by Crippen LogP contribution is 2.41. The number of nitrogens with two attached hydrogens (primary N) is 1. The zero-order chi connectivity index (χ0) is 22.1. The number of thiophene rings is 2. The lowest BCUT2D eigenvalue weighted by atomic mass is 10.2. The molecule has 0 saturated carbocycles. The van der Waals surface area contributed by atoms with Crippen LogP contribution in [0.25, 0.3) is 11.0 Å². The topological polar surface area (TPSA) is 101 Å². The molecular weight excluding hydrogens is 456 g/mol. The lowest BCUT2D eigenvalue weighted by Gasteiger charge is -2.22. The minimum absolute atomic E-state index is 0.0813. The van der Waals surface area contributed by atoms with Gasteiger partial charge in [-0.15, -0.1) is 22.7 Å².